The van der Waals surface area contributed by atoms with Crippen LogP contribution in [-0.2, 0) is 6.61 Å². The normalized spacial score (nSPS) is 10.7. The highest BCUT2D eigenvalue weighted by atomic mass is 16.5. The number of fused-ring (bicyclic) bond motifs is 1. The Balaban J connectivity index is 1.78. The van der Waals surface area contributed by atoms with Crippen molar-refractivity contribution < 1.29 is 14.6 Å². The van der Waals surface area contributed by atoms with Gasteiger partial charge in [0.25, 0.3) is 0 Å². The number of H-pyrrole nitrogens is 1. The molecule has 0 saturated heterocycles. The fraction of sp³-hybridized carbons (Fsp3) is 0.125. The van der Waals surface area contributed by atoms with Gasteiger partial charge >= 0.3 is 0 Å². The molecule has 2 aromatic carbocycles. The van der Waals surface area contributed by atoms with Gasteiger partial charge in [0.05, 0.1) is 12.8 Å². The molecule has 0 aliphatic rings. The molecule has 0 aliphatic carbocycles. The molecule has 0 fully saturated rings. The Morgan fingerprint density at radius 3 is 2.65 bits per heavy atom. The molecule has 0 radical (unpaired) electrons. The van der Waals surface area contributed by atoms with Gasteiger partial charge in [0.1, 0.15) is 23.9 Å². The summed E-state index contributed by atoms with van der Waals surface area (Å²) in [5.41, 5.74) is 1.80. The van der Waals surface area contributed by atoms with Gasteiger partial charge in [-0.3, -0.25) is 0 Å². The monoisotopic (exact) mass is 269 g/mol. The molecule has 4 nitrogen and oxygen atoms in total. The largest absolute Gasteiger partial charge is 0.507 e. The number of hydrogen-bond acceptors (Lipinski definition) is 3. The Labute approximate surface area is 116 Å². The Morgan fingerprint density at radius 2 is 1.85 bits per heavy atom. The van der Waals surface area contributed by atoms with E-state index >= 15 is 0 Å². The van der Waals surface area contributed by atoms with Crippen LogP contribution in [0.4, 0.5) is 0 Å². The van der Waals surface area contributed by atoms with E-state index in [1.807, 2.05) is 36.4 Å². The summed E-state index contributed by atoms with van der Waals surface area (Å²) in [4.78, 5) is 3.22. The molecule has 1 heterocycles. The highest BCUT2D eigenvalue weighted by Crippen LogP contribution is 2.26. The van der Waals surface area contributed by atoms with Crippen molar-refractivity contribution in [2.45, 2.75) is 6.61 Å². The van der Waals surface area contributed by atoms with E-state index < -0.39 is 0 Å². The van der Waals surface area contributed by atoms with E-state index in [9.17, 15) is 5.11 Å². The average Bonchev–Trinajstić information content (AvgIpc) is 2.90. The minimum Gasteiger partial charge on any atom is -0.507 e. The number of rotatable bonds is 4. The summed E-state index contributed by atoms with van der Waals surface area (Å²) in [6.07, 6.45) is 0. The number of aromatic hydroxyl groups is 1. The zero-order chi connectivity index (χ0) is 13.9. The molecule has 2 N–H and O–H groups in total. The number of aromatic amines is 1. The van der Waals surface area contributed by atoms with Crippen molar-refractivity contribution in [3.05, 3.63) is 54.2 Å². The SMILES string of the molecule is COc1cccc(OCc2cc3c(O)cccc3[nH]2)c1. The molecule has 3 aromatic rings. The van der Waals surface area contributed by atoms with Gasteiger partial charge in [0.2, 0.25) is 0 Å². The maximum Gasteiger partial charge on any atom is 0.128 e. The van der Waals surface area contributed by atoms with Gasteiger partial charge in [-0.25, -0.2) is 0 Å². The smallest absolute Gasteiger partial charge is 0.128 e. The lowest BCUT2D eigenvalue weighted by atomic mass is 10.2. The molecule has 20 heavy (non-hydrogen) atoms. The third-order valence-electron chi connectivity index (χ3n) is 3.13. The molecule has 4 heteroatoms. The van der Waals surface area contributed by atoms with Crippen molar-refractivity contribution in [1.29, 1.82) is 0 Å². The number of nitrogens with one attached hydrogen (secondary N) is 1. The number of hydrogen-bond donors (Lipinski definition) is 2. The van der Waals surface area contributed by atoms with E-state index in [1.165, 1.54) is 0 Å². The quantitative estimate of drug-likeness (QED) is 0.762. The van der Waals surface area contributed by atoms with Crippen molar-refractivity contribution in [1.82, 2.24) is 4.98 Å². The van der Waals surface area contributed by atoms with E-state index in [1.54, 1.807) is 19.2 Å². The molecule has 1 aromatic heterocycles. The summed E-state index contributed by atoms with van der Waals surface area (Å²) >= 11 is 0. The zero-order valence-corrected chi connectivity index (χ0v) is 11.1. The molecule has 0 saturated carbocycles. The second-order valence-corrected chi connectivity index (χ2v) is 4.50. The second-order valence-electron chi connectivity index (χ2n) is 4.50. The van der Waals surface area contributed by atoms with Gasteiger partial charge in [-0.15, -0.1) is 0 Å². The maximum absolute atomic E-state index is 9.76. The van der Waals surface area contributed by atoms with Crippen LogP contribution >= 0.6 is 0 Å². The lowest BCUT2D eigenvalue weighted by Crippen LogP contribution is -1.95. The van der Waals surface area contributed by atoms with Gasteiger partial charge < -0.3 is 19.6 Å². The third kappa shape index (κ3) is 2.40. The number of ether oxygens (including phenoxy) is 2. The summed E-state index contributed by atoms with van der Waals surface area (Å²) < 4.78 is 10.9. The first kappa shape index (κ1) is 12.4. The van der Waals surface area contributed by atoms with Crippen molar-refractivity contribution in [2.75, 3.05) is 7.11 Å². The summed E-state index contributed by atoms with van der Waals surface area (Å²) in [6.45, 7) is 0.404. The summed E-state index contributed by atoms with van der Waals surface area (Å²) in [5.74, 6) is 1.77. The zero-order valence-electron chi connectivity index (χ0n) is 11.1. The molecular weight excluding hydrogens is 254 g/mol. The molecule has 0 spiro atoms. The molecule has 0 bridgehead atoms. The highest BCUT2D eigenvalue weighted by molar-refractivity contribution is 5.86. The fourth-order valence-electron chi connectivity index (χ4n) is 2.13. The summed E-state index contributed by atoms with van der Waals surface area (Å²) in [5, 5.41) is 10.6. The van der Waals surface area contributed by atoms with Crippen LogP contribution in [0.3, 0.4) is 0 Å². The molecule has 3 rings (SSSR count). The minimum atomic E-state index is 0.270. The highest BCUT2D eigenvalue weighted by Gasteiger charge is 2.05. The minimum absolute atomic E-state index is 0.270. The van der Waals surface area contributed by atoms with Gasteiger partial charge in [-0.2, -0.15) is 0 Å². The van der Waals surface area contributed by atoms with E-state index in [0.717, 1.165) is 28.1 Å². The van der Waals surface area contributed by atoms with Gasteiger partial charge in [-0.1, -0.05) is 12.1 Å². The number of phenols is 1. The van der Waals surface area contributed by atoms with Crippen molar-refractivity contribution >= 4 is 10.9 Å². The van der Waals surface area contributed by atoms with Crippen LogP contribution in [0.2, 0.25) is 0 Å². The van der Waals surface area contributed by atoms with E-state index in [-0.39, 0.29) is 5.75 Å². The van der Waals surface area contributed by atoms with Crippen LogP contribution < -0.4 is 9.47 Å². The Kier molecular flexibility index (Phi) is 3.21. The van der Waals surface area contributed by atoms with Crippen LogP contribution in [0, 0.1) is 0 Å². The average molecular weight is 269 g/mol. The lowest BCUT2D eigenvalue weighted by Gasteiger charge is -2.06. The molecule has 102 valence electrons. The van der Waals surface area contributed by atoms with Crippen LogP contribution in [-0.4, -0.2) is 17.2 Å². The fourth-order valence-corrected chi connectivity index (χ4v) is 2.13. The second kappa shape index (κ2) is 5.17. The number of benzene rings is 2. The van der Waals surface area contributed by atoms with E-state index in [4.69, 9.17) is 9.47 Å². The van der Waals surface area contributed by atoms with Crippen molar-refractivity contribution in [3.63, 3.8) is 0 Å². The molecular formula is C16H15NO3. The molecule has 0 unspecified atom stereocenters. The number of methoxy groups -OCH3 is 1. The summed E-state index contributed by atoms with van der Waals surface area (Å²) in [7, 11) is 1.62. The van der Waals surface area contributed by atoms with Crippen molar-refractivity contribution in [2.24, 2.45) is 0 Å². The summed E-state index contributed by atoms with van der Waals surface area (Å²) in [6, 6.07) is 14.8. The predicted molar refractivity (Wildman–Crippen MR) is 77.3 cm³/mol. The Morgan fingerprint density at radius 1 is 1.05 bits per heavy atom. The number of aromatic nitrogens is 1. The first-order valence-electron chi connectivity index (χ1n) is 6.33. The van der Waals surface area contributed by atoms with Gasteiger partial charge in [0, 0.05) is 17.0 Å². The molecule has 0 atom stereocenters. The first-order chi connectivity index (χ1) is 9.76. The van der Waals surface area contributed by atoms with Crippen molar-refractivity contribution in [3.8, 4) is 17.2 Å². The van der Waals surface area contributed by atoms with Crippen LogP contribution in [0.15, 0.2) is 48.5 Å². The first-order valence-corrected chi connectivity index (χ1v) is 6.33. The van der Waals surface area contributed by atoms with Crippen LogP contribution in [0.1, 0.15) is 5.69 Å². The van der Waals surface area contributed by atoms with Gasteiger partial charge in [0.15, 0.2) is 0 Å². The standard InChI is InChI=1S/C16H15NO3/c1-19-12-4-2-5-13(9-12)20-10-11-8-14-15(17-11)6-3-7-16(14)18/h2-9,17-18H,10H2,1H3. The van der Waals surface area contributed by atoms with E-state index in [0.29, 0.717) is 6.61 Å². The van der Waals surface area contributed by atoms with Crippen LogP contribution in [0.5, 0.6) is 17.2 Å². The topological polar surface area (TPSA) is 54.5 Å². The Bertz CT molecular complexity index is 733. The van der Waals surface area contributed by atoms with Crippen LogP contribution in [0.25, 0.3) is 10.9 Å². The molecule has 0 aliphatic heterocycles. The number of phenolic OH excluding ortho intramolecular Hbond substituents is 1. The predicted octanol–water partition coefficient (Wildman–Crippen LogP) is 3.46. The Hall–Kier alpha value is -2.62. The maximum atomic E-state index is 9.76. The lowest BCUT2D eigenvalue weighted by molar-refractivity contribution is 0.300. The van der Waals surface area contributed by atoms with Gasteiger partial charge in [-0.05, 0) is 30.3 Å². The van der Waals surface area contributed by atoms with E-state index in [2.05, 4.69) is 4.98 Å². The molecule has 0 amide bonds. The third-order valence-corrected chi connectivity index (χ3v) is 3.13.